The number of nitrogens with one attached hydrogen (secondary N) is 1. The Labute approximate surface area is 148 Å². The molecule has 3 heteroatoms. The molecular formula is C22H23NO2. The molecule has 0 aromatic heterocycles. The summed E-state index contributed by atoms with van der Waals surface area (Å²) in [6.45, 7) is 3.96. The van der Waals surface area contributed by atoms with Crippen molar-refractivity contribution in [1.82, 2.24) is 0 Å². The van der Waals surface area contributed by atoms with Crippen LogP contribution < -0.4 is 10.1 Å². The third-order valence-electron chi connectivity index (χ3n) is 3.99. The quantitative estimate of drug-likeness (QED) is 0.673. The van der Waals surface area contributed by atoms with E-state index in [1.807, 2.05) is 56.3 Å². The van der Waals surface area contributed by atoms with E-state index < -0.39 is 0 Å². The van der Waals surface area contributed by atoms with Crippen molar-refractivity contribution in [3.8, 4) is 5.75 Å². The van der Waals surface area contributed by atoms with Gasteiger partial charge in [0.15, 0.2) is 0 Å². The summed E-state index contributed by atoms with van der Waals surface area (Å²) in [4.78, 5) is 12.3. The fourth-order valence-corrected chi connectivity index (χ4v) is 2.90. The highest BCUT2D eigenvalue weighted by Gasteiger charge is 2.07. The standard InChI is InChI=1S/C22H23NO2/c1-16(2)25-20-11-6-10-19(15-20)23-22(24)14-13-18-9-5-8-17-7-3-4-12-21(17)18/h3-12,15-16H,13-14H2,1-2H3,(H,23,24). The number of fused-ring (bicyclic) bond motifs is 1. The molecule has 0 spiro atoms. The summed E-state index contributed by atoms with van der Waals surface area (Å²) in [5.74, 6) is 0.775. The van der Waals surface area contributed by atoms with Gasteiger partial charge in [0.05, 0.1) is 6.10 Å². The number of rotatable bonds is 6. The smallest absolute Gasteiger partial charge is 0.224 e. The Morgan fingerprint density at radius 1 is 1.00 bits per heavy atom. The lowest BCUT2D eigenvalue weighted by molar-refractivity contribution is -0.116. The van der Waals surface area contributed by atoms with Gasteiger partial charge >= 0.3 is 0 Å². The van der Waals surface area contributed by atoms with Crippen LogP contribution in [-0.2, 0) is 11.2 Å². The zero-order valence-corrected chi connectivity index (χ0v) is 14.7. The summed E-state index contributed by atoms with van der Waals surface area (Å²) in [6.07, 6.45) is 1.27. The van der Waals surface area contributed by atoms with E-state index in [-0.39, 0.29) is 12.0 Å². The third kappa shape index (κ3) is 4.60. The molecule has 0 saturated heterocycles. The van der Waals surface area contributed by atoms with E-state index >= 15 is 0 Å². The van der Waals surface area contributed by atoms with Gasteiger partial charge in [0.25, 0.3) is 0 Å². The number of amides is 1. The molecule has 3 aromatic carbocycles. The van der Waals surface area contributed by atoms with E-state index in [2.05, 4.69) is 29.6 Å². The normalized spacial score (nSPS) is 10.8. The van der Waals surface area contributed by atoms with Gasteiger partial charge in [-0.05, 0) is 48.7 Å². The highest BCUT2D eigenvalue weighted by molar-refractivity contribution is 5.92. The maximum atomic E-state index is 12.3. The number of carbonyl (C=O) groups is 1. The second kappa shape index (κ2) is 7.84. The van der Waals surface area contributed by atoms with Gasteiger partial charge in [0, 0.05) is 18.2 Å². The Hall–Kier alpha value is -2.81. The maximum absolute atomic E-state index is 12.3. The van der Waals surface area contributed by atoms with Crippen molar-refractivity contribution in [2.24, 2.45) is 0 Å². The summed E-state index contributed by atoms with van der Waals surface area (Å²) in [7, 11) is 0. The Bertz CT molecular complexity index is 865. The minimum absolute atomic E-state index is 0.00892. The van der Waals surface area contributed by atoms with Crippen molar-refractivity contribution < 1.29 is 9.53 Å². The largest absolute Gasteiger partial charge is 0.491 e. The number of ether oxygens (including phenoxy) is 1. The molecule has 0 atom stereocenters. The topological polar surface area (TPSA) is 38.3 Å². The van der Waals surface area contributed by atoms with Crippen molar-refractivity contribution in [2.45, 2.75) is 32.8 Å². The van der Waals surface area contributed by atoms with E-state index in [4.69, 9.17) is 4.74 Å². The van der Waals surface area contributed by atoms with E-state index in [1.165, 1.54) is 16.3 Å². The van der Waals surface area contributed by atoms with Gasteiger partial charge in [-0.25, -0.2) is 0 Å². The molecule has 0 radical (unpaired) electrons. The van der Waals surface area contributed by atoms with Gasteiger partial charge in [-0.3, -0.25) is 4.79 Å². The SMILES string of the molecule is CC(C)Oc1cccc(NC(=O)CCc2cccc3ccccc23)c1. The summed E-state index contributed by atoms with van der Waals surface area (Å²) in [6, 6.07) is 22.0. The summed E-state index contributed by atoms with van der Waals surface area (Å²) >= 11 is 0. The molecule has 3 nitrogen and oxygen atoms in total. The Morgan fingerprint density at radius 3 is 2.60 bits per heavy atom. The lowest BCUT2D eigenvalue weighted by Crippen LogP contribution is -2.13. The predicted molar refractivity (Wildman–Crippen MR) is 103 cm³/mol. The predicted octanol–water partition coefficient (Wildman–Crippen LogP) is 5.20. The molecule has 0 aliphatic carbocycles. The molecule has 3 rings (SSSR count). The van der Waals surface area contributed by atoms with Crippen molar-refractivity contribution in [2.75, 3.05) is 5.32 Å². The van der Waals surface area contributed by atoms with Crippen LogP contribution in [0.5, 0.6) is 5.75 Å². The first-order valence-corrected chi connectivity index (χ1v) is 8.65. The third-order valence-corrected chi connectivity index (χ3v) is 3.99. The number of benzene rings is 3. The van der Waals surface area contributed by atoms with Crippen molar-refractivity contribution in [3.63, 3.8) is 0 Å². The lowest BCUT2D eigenvalue weighted by Gasteiger charge is -2.12. The Balaban J connectivity index is 1.63. The molecule has 25 heavy (non-hydrogen) atoms. The van der Waals surface area contributed by atoms with E-state index in [0.29, 0.717) is 6.42 Å². The fourth-order valence-electron chi connectivity index (χ4n) is 2.90. The van der Waals surface area contributed by atoms with Crippen LogP contribution in [0.1, 0.15) is 25.8 Å². The van der Waals surface area contributed by atoms with Gasteiger partial charge in [0.1, 0.15) is 5.75 Å². The Morgan fingerprint density at radius 2 is 1.76 bits per heavy atom. The second-order valence-electron chi connectivity index (χ2n) is 6.38. The van der Waals surface area contributed by atoms with Gasteiger partial charge < -0.3 is 10.1 Å². The average molecular weight is 333 g/mol. The molecule has 0 saturated carbocycles. The highest BCUT2D eigenvalue weighted by atomic mass is 16.5. The van der Waals surface area contributed by atoms with Crippen LogP contribution in [0.2, 0.25) is 0 Å². The molecule has 3 aromatic rings. The van der Waals surface area contributed by atoms with Gasteiger partial charge in [-0.2, -0.15) is 0 Å². The number of anilines is 1. The zero-order valence-electron chi connectivity index (χ0n) is 14.7. The van der Waals surface area contributed by atoms with Crippen LogP contribution in [0, 0.1) is 0 Å². The highest BCUT2D eigenvalue weighted by Crippen LogP contribution is 2.21. The van der Waals surface area contributed by atoms with E-state index in [9.17, 15) is 4.79 Å². The molecule has 1 amide bonds. The first-order chi connectivity index (χ1) is 12.1. The minimum atomic E-state index is 0.00892. The van der Waals surface area contributed by atoms with Crippen molar-refractivity contribution in [3.05, 3.63) is 72.3 Å². The van der Waals surface area contributed by atoms with Crippen LogP contribution in [0.15, 0.2) is 66.7 Å². The number of hydrogen-bond donors (Lipinski definition) is 1. The first kappa shape index (κ1) is 17.0. The van der Waals surface area contributed by atoms with Crippen LogP contribution in [0.4, 0.5) is 5.69 Å². The summed E-state index contributed by atoms with van der Waals surface area (Å²) in [5.41, 5.74) is 1.96. The van der Waals surface area contributed by atoms with Gasteiger partial charge in [-0.1, -0.05) is 48.5 Å². The summed E-state index contributed by atoms with van der Waals surface area (Å²) in [5, 5.41) is 5.38. The molecule has 0 unspecified atom stereocenters. The molecule has 1 N–H and O–H groups in total. The first-order valence-electron chi connectivity index (χ1n) is 8.65. The minimum Gasteiger partial charge on any atom is -0.491 e. The molecule has 0 bridgehead atoms. The maximum Gasteiger partial charge on any atom is 0.224 e. The molecule has 0 heterocycles. The van der Waals surface area contributed by atoms with Gasteiger partial charge in [0.2, 0.25) is 5.91 Å². The second-order valence-corrected chi connectivity index (χ2v) is 6.38. The van der Waals surface area contributed by atoms with Crippen LogP contribution in [-0.4, -0.2) is 12.0 Å². The molecule has 128 valence electrons. The summed E-state index contributed by atoms with van der Waals surface area (Å²) < 4.78 is 5.66. The van der Waals surface area contributed by atoms with Crippen LogP contribution in [0.3, 0.4) is 0 Å². The van der Waals surface area contributed by atoms with Gasteiger partial charge in [-0.15, -0.1) is 0 Å². The lowest BCUT2D eigenvalue weighted by atomic mass is 10.0. The Kier molecular flexibility index (Phi) is 5.34. The number of carbonyl (C=O) groups excluding carboxylic acids is 1. The van der Waals surface area contributed by atoms with Crippen LogP contribution >= 0.6 is 0 Å². The molecule has 0 fully saturated rings. The van der Waals surface area contributed by atoms with E-state index in [1.54, 1.807) is 0 Å². The van der Waals surface area contributed by atoms with Crippen LogP contribution in [0.25, 0.3) is 10.8 Å². The molecular weight excluding hydrogens is 310 g/mol. The monoisotopic (exact) mass is 333 g/mol. The fraction of sp³-hybridized carbons (Fsp3) is 0.227. The average Bonchev–Trinajstić information content (AvgIpc) is 2.59. The molecule has 0 aliphatic rings. The zero-order chi connectivity index (χ0) is 17.6. The molecule has 0 aliphatic heterocycles. The van der Waals surface area contributed by atoms with E-state index in [0.717, 1.165) is 17.9 Å². The van der Waals surface area contributed by atoms with Crippen molar-refractivity contribution in [1.29, 1.82) is 0 Å². The number of hydrogen-bond acceptors (Lipinski definition) is 2. The van der Waals surface area contributed by atoms with Crippen molar-refractivity contribution >= 4 is 22.4 Å². The number of aryl methyl sites for hydroxylation is 1.